The van der Waals surface area contributed by atoms with Crippen molar-refractivity contribution >= 4 is 5.91 Å². The van der Waals surface area contributed by atoms with Gasteiger partial charge in [0.25, 0.3) is 0 Å². The van der Waals surface area contributed by atoms with Crippen molar-refractivity contribution in [2.45, 2.75) is 19.4 Å². The van der Waals surface area contributed by atoms with Crippen LogP contribution < -0.4 is 5.32 Å². The molecule has 0 atom stereocenters. The highest BCUT2D eigenvalue weighted by Gasteiger charge is 2.06. The first kappa shape index (κ1) is 14.9. The van der Waals surface area contributed by atoms with Crippen molar-refractivity contribution in [2.24, 2.45) is 0 Å². The second-order valence-electron chi connectivity index (χ2n) is 5.13. The predicted molar refractivity (Wildman–Crippen MR) is 85.8 cm³/mol. The Kier molecular flexibility index (Phi) is 4.73. The maximum absolute atomic E-state index is 11.9. The van der Waals surface area contributed by atoms with E-state index in [2.05, 4.69) is 20.6 Å². The molecule has 2 aromatic heterocycles. The van der Waals surface area contributed by atoms with Gasteiger partial charge in [0.1, 0.15) is 5.69 Å². The van der Waals surface area contributed by atoms with Crippen LogP contribution in [0.15, 0.2) is 61.1 Å². The third kappa shape index (κ3) is 4.23. The summed E-state index contributed by atoms with van der Waals surface area (Å²) in [6.45, 7) is 0.369. The van der Waals surface area contributed by atoms with Crippen molar-refractivity contribution in [1.82, 2.24) is 25.3 Å². The van der Waals surface area contributed by atoms with Crippen LogP contribution in [0.5, 0.6) is 0 Å². The van der Waals surface area contributed by atoms with Gasteiger partial charge in [0.2, 0.25) is 5.91 Å². The molecule has 0 spiro atoms. The Balaban J connectivity index is 1.49. The van der Waals surface area contributed by atoms with Crippen LogP contribution in [0.1, 0.15) is 17.7 Å². The Labute approximate surface area is 134 Å². The molecular weight excluding hydrogens is 290 g/mol. The number of hydrogen-bond donors (Lipinski definition) is 1. The summed E-state index contributed by atoms with van der Waals surface area (Å²) in [5.41, 5.74) is 2.70. The molecule has 0 bridgehead atoms. The zero-order chi connectivity index (χ0) is 15.9. The molecule has 0 fully saturated rings. The summed E-state index contributed by atoms with van der Waals surface area (Å²) in [5.74, 6) is 0.00443. The lowest BCUT2D eigenvalue weighted by Crippen LogP contribution is -2.23. The summed E-state index contributed by atoms with van der Waals surface area (Å²) in [7, 11) is 0. The van der Waals surface area contributed by atoms with Gasteiger partial charge in [0.05, 0.1) is 24.6 Å². The fourth-order valence-corrected chi connectivity index (χ4v) is 2.17. The third-order valence-electron chi connectivity index (χ3n) is 3.40. The van der Waals surface area contributed by atoms with Crippen molar-refractivity contribution in [1.29, 1.82) is 0 Å². The lowest BCUT2D eigenvalue weighted by molar-refractivity contribution is -0.121. The second-order valence-corrected chi connectivity index (χ2v) is 5.13. The van der Waals surface area contributed by atoms with Crippen molar-refractivity contribution in [3.8, 4) is 5.69 Å². The largest absolute Gasteiger partial charge is 0.350 e. The Bertz CT molecular complexity index is 755. The van der Waals surface area contributed by atoms with Gasteiger partial charge < -0.3 is 5.32 Å². The summed E-state index contributed by atoms with van der Waals surface area (Å²) < 4.78 is 1.64. The van der Waals surface area contributed by atoms with Gasteiger partial charge >= 0.3 is 0 Å². The Morgan fingerprint density at radius 3 is 2.78 bits per heavy atom. The molecular formula is C17H17N5O. The number of pyridine rings is 1. The van der Waals surface area contributed by atoms with E-state index in [9.17, 15) is 4.79 Å². The maximum Gasteiger partial charge on any atom is 0.220 e. The maximum atomic E-state index is 11.9. The first-order chi connectivity index (χ1) is 11.3. The summed E-state index contributed by atoms with van der Waals surface area (Å²) >= 11 is 0. The molecule has 6 nitrogen and oxygen atoms in total. The van der Waals surface area contributed by atoms with Gasteiger partial charge in [-0.1, -0.05) is 35.5 Å². The molecule has 1 amide bonds. The number of benzene rings is 1. The number of rotatable bonds is 6. The van der Waals surface area contributed by atoms with Crippen LogP contribution in [-0.2, 0) is 17.8 Å². The first-order valence-corrected chi connectivity index (χ1v) is 7.43. The minimum Gasteiger partial charge on any atom is -0.350 e. The van der Waals surface area contributed by atoms with Gasteiger partial charge in [0, 0.05) is 12.6 Å². The molecule has 116 valence electrons. The predicted octanol–water partition coefficient (Wildman–Crippen LogP) is 1.91. The topological polar surface area (TPSA) is 72.7 Å². The van der Waals surface area contributed by atoms with Crippen molar-refractivity contribution in [2.75, 3.05) is 0 Å². The minimum absolute atomic E-state index is 0.00443. The Morgan fingerprint density at radius 2 is 2.00 bits per heavy atom. The minimum atomic E-state index is 0.00443. The fraction of sp³-hybridized carbons (Fsp3) is 0.176. The average molecular weight is 307 g/mol. The van der Waals surface area contributed by atoms with Crippen LogP contribution in [0, 0.1) is 0 Å². The quantitative estimate of drug-likeness (QED) is 0.755. The molecule has 3 aromatic rings. The molecule has 1 N–H and O–H groups in total. The average Bonchev–Trinajstić information content (AvgIpc) is 3.09. The van der Waals surface area contributed by atoms with E-state index in [4.69, 9.17) is 0 Å². The second kappa shape index (κ2) is 7.31. The molecule has 2 heterocycles. The fourth-order valence-electron chi connectivity index (χ4n) is 2.17. The number of nitrogens with zero attached hydrogens (tertiary/aromatic N) is 4. The number of carbonyl (C=O) groups excluding carboxylic acids is 1. The molecule has 3 rings (SSSR count). The zero-order valence-corrected chi connectivity index (χ0v) is 12.6. The lowest BCUT2D eigenvalue weighted by atomic mass is 10.1. The summed E-state index contributed by atoms with van der Waals surface area (Å²) in [6, 6.07) is 13.7. The van der Waals surface area contributed by atoms with Crippen LogP contribution in [0.2, 0.25) is 0 Å². The smallest absolute Gasteiger partial charge is 0.220 e. The molecule has 0 saturated carbocycles. The van der Waals surface area contributed by atoms with E-state index < -0.39 is 0 Å². The van der Waals surface area contributed by atoms with E-state index in [1.807, 2.05) is 42.5 Å². The molecule has 0 aliphatic heterocycles. The number of nitrogens with one attached hydrogen (secondary N) is 1. The number of amides is 1. The molecule has 0 saturated heterocycles. The highest BCUT2D eigenvalue weighted by molar-refractivity contribution is 5.76. The van der Waals surface area contributed by atoms with Gasteiger partial charge in [-0.15, -0.1) is 5.10 Å². The van der Waals surface area contributed by atoms with E-state index in [0.29, 0.717) is 18.7 Å². The molecule has 6 heteroatoms. The molecule has 0 aliphatic rings. The standard InChI is InChI=1S/C17H17N5O/c23-17(9-8-14-5-2-1-3-6-14)19-11-15-13-22(21-20-15)16-7-4-10-18-12-16/h1-7,10,12-13H,8-9,11H2,(H,19,23). The van der Waals surface area contributed by atoms with E-state index in [0.717, 1.165) is 17.7 Å². The third-order valence-corrected chi connectivity index (χ3v) is 3.40. The number of carbonyl (C=O) groups is 1. The molecule has 0 aliphatic carbocycles. The van der Waals surface area contributed by atoms with Crippen LogP contribution in [-0.4, -0.2) is 25.9 Å². The highest BCUT2D eigenvalue weighted by Crippen LogP contribution is 2.05. The molecule has 23 heavy (non-hydrogen) atoms. The van der Waals surface area contributed by atoms with E-state index in [-0.39, 0.29) is 5.91 Å². The lowest BCUT2D eigenvalue weighted by Gasteiger charge is -2.03. The van der Waals surface area contributed by atoms with Gasteiger partial charge in [-0.05, 0) is 24.1 Å². The van der Waals surface area contributed by atoms with Crippen LogP contribution in [0.25, 0.3) is 5.69 Å². The normalized spacial score (nSPS) is 10.4. The van der Waals surface area contributed by atoms with Crippen LogP contribution >= 0.6 is 0 Å². The van der Waals surface area contributed by atoms with Crippen molar-refractivity contribution in [3.05, 3.63) is 72.3 Å². The van der Waals surface area contributed by atoms with Gasteiger partial charge in [-0.3, -0.25) is 9.78 Å². The van der Waals surface area contributed by atoms with E-state index >= 15 is 0 Å². The monoisotopic (exact) mass is 307 g/mol. The van der Waals surface area contributed by atoms with Crippen LogP contribution in [0.4, 0.5) is 0 Å². The van der Waals surface area contributed by atoms with Gasteiger partial charge in [-0.25, -0.2) is 4.68 Å². The number of aromatic nitrogens is 4. The highest BCUT2D eigenvalue weighted by atomic mass is 16.1. The zero-order valence-electron chi connectivity index (χ0n) is 12.6. The summed E-state index contributed by atoms with van der Waals surface area (Å²) in [4.78, 5) is 15.9. The molecule has 0 radical (unpaired) electrons. The Morgan fingerprint density at radius 1 is 1.13 bits per heavy atom. The SMILES string of the molecule is O=C(CCc1ccccc1)NCc1cn(-c2cccnc2)nn1. The van der Waals surface area contributed by atoms with Gasteiger partial charge in [-0.2, -0.15) is 0 Å². The molecule has 1 aromatic carbocycles. The summed E-state index contributed by atoms with van der Waals surface area (Å²) in [6.07, 6.45) is 6.38. The Hall–Kier alpha value is -3.02. The van der Waals surface area contributed by atoms with Crippen molar-refractivity contribution < 1.29 is 4.79 Å². The van der Waals surface area contributed by atoms with E-state index in [1.165, 1.54) is 0 Å². The number of aryl methyl sites for hydroxylation is 1. The first-order valence-electron chi connectivity index (χ1n) is 7.43. The van der Waals surface area contributed by atoms with Gasteiger partial charge in [0.15, 0.2) is 0 Å². The van der Waals surface area contributed by atoms with Crippen molar-refractivity contribution in [3.63, 3.8) is 0 Å². The van der Waals surface area contributed by atoms with E-state index in [1.54, 1.807) is 23.3 Å². The molecule has 0 unspecified atom stereocenters. The summed E-state index contributed by atoms with van der Waals surface area (Å²) in [5, 5.41) is 11.0. The van der Waals surface area contributed by atoms with Crippen LogP contribution in [0.3, 0.4) is 0 Å². The number of hydrogen-bond acceptors (Lipinski definition) is 4.